The fourth-order valence-corrected chi connectivity index (χ4v) is 6.50. The number of nitrogens with two attached hydrogens (primary N) is 1. The third kappa shape index (κ3) is 7.22. The Labute approximate surface area is 307 Å². The average Bonchev–Trinajstić information content (AvgIpc) is 3.19. The van der Waals surface area contributed by atoms with Crippen LogP contribution in [0.3, 0.4) is 0 Å². The molecule has 0 aliphatic rings. The van der Waals surface area contributed by atoms with Crippen molar-refractivity contribution in [2.24, 2.45) is 10.7 Å². The summed E-state index contributed by atoms with van der Waals surface area (Å²) in [5.41, 5.74) is 13.3. The van der Waals surface area contributed by atoms with Gasteiger partial charge in [-0.05, 0) is 61.4 Å². The van der Waals surface area contributed by atoms with Crippen LogP contribution in [-0.2, 0) is 13.1 Å². The Morgan fingerprint density at radius 2 is 0.925 bits per heavy atom. The number of rotatable bonds is 7. The lowest BCUT2D eigenvalue weighted by Gasteiger charge is -2.14. The van der Waals surface area contributed by atoms with Crippen molar-refractivity contribution >= 4 is 27.5 Å². The van der Waals surface area contributed by atoms with E-state index in [1.54, 1.807) is 9.13 Å². The van der Waals surface area contributed by atoms with E-state index < -0.39 is 0 Å². The third-order valence-electron chi connectivity index (χ3n) is 9.04. The topological polar surface area (TPSA) is 108 Å². The van der Waals surface area contributed by atoms with Gasteiger partial charge in [-0.15, -0.1) is 0 Å². The van der Waals surface area contributed by atoms with Crippen LogP contribution in [0.5, 0.6) is 0 Å². The standard InChI is InChI=1S/C29H23N3O.C16H15N3O/c1-21-12-11-19-25-27(21)29(33)32(24-17-9-4-10-18-24)26(31-25)20-30-28(22-13-5-2-6-14-22)23-15-7-3-8-16-23;1-11-6-5-9-13-15(11)16(20)19(14(10-17)18-13)12-7-3-2-4-8-12/h2-19H,20H2,1H3;2-9H,10,17H2,1H3. The maximum atomic E-state index is 13.6. The number of aryl methyl sites for hydroxylation is 2. The summed E-state index contributed by atoms with van der Waals surface area (Å²) in [6.07, 6.45) is 0. The summed E-state index contributed by atoms with van der Waals surface area (Å²) in [4.78, 5) is 40.8. The number of fused-ring (bicyclic) bond motifs is 2. The highest BCUT2D eigenvalue weighted by atomic mass is 16.1. The molecule has 8 aromatic rings. The molecule has 0 radical (unpaired) electrons. The molecule has 0 spiro atoms. The lowest BCUT2D eigenvalue weighted by Crippen LogP contribution is -2.26. The van der Waals surface area contributed by atoms with E-state index in [-0.39, 0.29) is 24.2 Å². The molecule has 0 saturated carbocycles. The first-order chi connectivity index (χ1) is 25.9. The van der Waals surface area contributed by atoms with Crippen molar-refractivity contribution in [1.82, 2.24) is 19.1 Å². The molecule has 0 aliphatic heterocycles. The van der Waals surface area contributed by atoms with Gasteiger partial charge in [0.2, 0.25) is 0 Å². The summed E-state index contributed by atoms with van der Waals surface area (Å²) in [7, 11) is 0. The molecule has 0 aliphatic carbocycles. The van der Waals surface area contributed by atoms with Gasteiger partial charge in [0.05, 0.1) is 52.0 Å². The first-order valence-electron chi connectivity index (χ1n) is 17.4. The Hall–Kier alpha value is -6.77. The van der Waals surface area contributed by atoms with E-state index in [0.717, 1.165) is 39.3 Å². The van der Waals surface area contributed by atoms with Gasteiger partial charge in [0.15, 0.2) is 0 Å². The predicted molar refractivity (Wildman–Crippen MR) is 214 cm³/mol. The van der Waals surface area contributed by atoms with E-state index in [0.29, 0.717) is 33.5 Å². The molecule has 8 nitrogen and oxygen atoms in total. The highest BCUT2D eigenvalue weighted by molar-refractivity contribution is 6.12. The lowest BCUT2D eigenvalue weighted by molar-refractivity contribution is 0.816. The Bertz CT molecular complexity index is 2630. The minimum absolute atomic E-state index is 0.0697. The quantitative estimate of drug-likeness (QED) is 0.171. The Morgan fingerprint density at radius 1 is 0.528 bits per heavy atom. The van der Waals surface area contributed by atoms with Crippen LogP contribution in [0, 0.1) is 13.8 Å². The van der Waals surface area contributed by atoms with Crippen molar-refractivity contribution in [3.63, 3.8) is 0 Å². The molecule has 2 heterocycles. The third-order valence-corrected chi connectivity index (χ3v) is 9.04. The molecule has 8 heteroatoms. The van der Waals surface area contributed by atoms with Crippen LogP contribution in [0.1, 0.15) is 33.9 Å². The van der Waals surface area contributed by atoms with Gasteiger partial charge in [-0.3, -0.25) is 23.7 Å². The van der Waals surface area contributed by atoms with Gasteiger partial charge in [-0.2, -0.15) is 0 Å². The van der Waals surface area contributed by atoms with Crippen LogP contribution in [0.2, 0.25) is 0 Å². The lowest BCUT2D eigenvalue weighted by atomic mass is 10.0. The highest BCUT2D eigenvalue weighted by Gasteiger charge is 2.16. The number of benzene rings is 6. The van der Waals surface area contributed by atoms with Gasteiger partial charge in [0.25, 0.3) is 11.1 Å². The van der Waals surface area contributed by atoms with Crippen LogP contribution < -0.4 is 16.9 Å². The summed E-state index contributed by atoms with van der Waals surface area (Å²) < 4.78 is 3.28. The molecule has 8 rings (SSSR count). The number of para-hydroxylation sites is 2. The Balaban J connectivity index is 0.000000186. The monoisotopic (exact) mass is 694 g/mol. The molecule has 260 valence electrons. The summed E-state index contributed by atoms with van der Waals surface area (Å²) >= 11 is 0. The second-order valence-electron chi connectivity index (χ2n) is 12.5. The molecule has 2 N–H and O–H groups in total. The summed E-state index contributed by atoms with van der Waals surface area (Å²) in [5, 5.41) is 1.29. The predicted octanol–water partition coefficient (Wildman–Crippen LogP) is 7.88. The highest BCUT2D eigenvalue weighted by Crippen LogP contribution is 2.19. The molecule has 53 heavy (non-hydrogen) atoms. The maximum Gasteiger partial charge on any atom is 0.266 e. The van der Waals surface area contributed by atoms with Crippen molar-refractivity contribution < 1.29 is 0 Å². The van der Waals surface area contributed by atoms with E-state index in [9.17, 15) is 9.59 Å². The van der Waals surface area contributed by atoms with Gasteiger partial charge < -0.3 is 5.73 Å². The number of hydrogen-bond donors (Lipinski definition) is 1. The second-order valence-corrected chi connectivity index (χ2v) is 12.5. The minimum atomic E-state index is -0.0736. The van der Waals surface area contributed by atoms with Gasteiger partial charge in [0, 0.05) is 11.1 Å². The first-order valence-corrected chi connectivity index (χ1v) is 17.4. The molecule has 0 atom stereocenters. The molecular weight excluding hydrogens is 657 g/mol. The summed E-state index contributed by atoms with van der Waals surface area (Å²) in [6.45, 7) is 4.35. The van der Waals surface area contributed by atoms with E-state index in [2.05, 4.69) is 4.98 Å². The summed E-state index contributed by atoms with van der Waals surface area (Å²) in [6, 6.07) is 50.7. The SMILES string of the molecule is Cc1cccc2nc(CN)n(-c3ccccc3)c(=O)c12.Cc1cccc2nc(CN=C(c3ccccc3)c3ccccc3)n(-c3ccccc3)c(=O)c12. The summed E-state index contributed by atoms with van der Waals surface area (Å²) in [5.74, 6) is 1.17. The minimum Gasteiger partial charge on any atom is -0.324 e. The maximum absolute atomic E-state index is 13.6. The van der Waals surface area contributed by atoms with Crippen LogP contribution in [0.15, 0.2) is 172 Å². The van der Waals surface area contributed by atoms with Crippen molar-refractivity contribution in [3.8, 4) is 11.4 Å². The molecular formula is C45H38N6O2. The van der Waals surface area contributed by atoms with Crippen molar-refractivity contribution in [3.05, 3.63) is 212 Å². The fraction of sp³-hybridized carbons (Fsp3) is 0.0889. The van der Waals surface area contributed by atoms with Crippen LogP contribution >= 0.6 is 0 Å². The zero-order valence-electron chi connectivity index (χ0n) is 29.6. The number of aliphatic imine (C=N–C) groups is 1. The van der Waals surface area contributed by atoms with Gasteiger partial charge in [-0.1, -0.05) is 121 Å². The zero-order chi connectivity index (χ0) is 36.7. The van der Waals surface area contributed by atoms with Crippen molar-refractivity contribution in [2.45, 2.75) is 26.9 Å². The van der Waals surface area contributed by atoms with Crippen LogP contribution in [0.4, 0.5) is 0 Å². The van der Waals surface area contributed by atoms with Crippen LogP contribution in [0.25, 0.3) is 33.2 Å². The molecule has 0 amide bonds. The largest absolute Gasteiger partial charge is 0.324 e. The van der Waals surface area contributed by atoms with Gasteiger partial charge in [-0.25, -0.2) is 9.97 Å². The molecule has 6 aromatic carbocycles. The van der Waals surface area contributed by atoms with E-state index in [4.69, 9.17) is 15.7 Å². The van der Waals surface area contributed by atoms with Gasteiger partial charge >= 0.3 is 0 Å². The number of nitrogens with zero attached hydrogens (tertiary/aromatic N) is 5. The first kappa shape index (κ1) is 34.7. The Morgan fingerprint density at radius 3 is 1.36 bits per heavy atom. The van der Waals surface area contributed by atoms with E-state index >= 15 is 0 Å². The molecule has 2 aromatic heterocycles. The smallest absolute Gasteiger partial charge is 0.266 e. The molecule has 0 fully saturated rings. The fourth-order valence-electron chi connectivity index (χ4n) is 6.50. The van der Waals surface area contributed by atoms with Crippen LogP contribution in [-0.4, -0.2) is 24.8 Å². The Kier molecular flexibility index (Phi) is 10.2. The average molecular weight is 695 g/mol. The normalized spacial score (nSPS) is 10.8. The van der Waals surface area contributed by atoms with Crippen molar-refractivity contribution in [2.75, 3.05) is 0 Å². The molecule has 0 bridgehead atoms. The second kappa shape index (κ2) is 15.6. The molecule has 0 unspecified atom stereocenters. The number of hydrogen-bond acceptors (Lipinski definition) is 6. The van der Waals surface area contributed by atoms with Crippen molar-refractivity contribution in [1.29, 1.82) is 0 Å². The molecule has 0 saturated heterocycles. The van der Waals surface area contributed by atoms with E-state index in [1.165, 1.54) is 0 Å². The zero-order valence-corrected chi connectivity index (χ0v) is 29.6. The van der Waals surface area contributed by atoms with Gasteiger partial charge in [0.1, 0.15) is 11.6 Å². The number of aromatic nitrogens is 4. The van der Waals surface area contributed by atoms with E-state index in [1.807, 2.05) is 172 Å².